The summed E-state index contributed by atoms with van der Waals surface area (Å²) in [7, 11) is 0. The van der Waals surface area contributed by atoms with E-state index in [1.807, 2.05) is 6.07 Å². The average molecular weight is 235 g/mol. The first kappa shape index (κ1) is 11.4. The van der Waals surface area contributed by atoms with Gasteiger partial charge in [-0.15, -0.1) is 12.4 Å². The van der Waals surface area contributed by atoms with Crippen LogP contribution in [0, 0.1) is 10.1 Å². The van der Waals surface area contributed by atoms with Crippen LogP contribution in [0.5, 0.6) is 0 Å². The maximum Gasteiger partial charge on any atom is 0.324 e. The summed E-state index contributed by atoms with van der Waals surface area (Å²) in [5.74, 6) is 0. The van der Waals surface area contributed by atoms with Gasteiger partial charge in [0.2, 0.25) is 0 Å². The van der Waals surface area contributed by atoms with Gasteiger partial charge in [0, 0.05) is 17.0 Å². The highest BCUT2D eigenvalue weighted by Gasteiger charge is 2.20. The summed E-state index contributed by atoms with van der Waals surface area (Å²) in [5, 5.41) is 14.0. The first-order valence-electron chi connectivity index (χ1n) is 4.25. The normalized spacial score (nSPS) is 20.4. The predicted octanol–water partition coefficient (Wildman–Crippen LogP) is 2.50. The SMILES string of the molecule is Cl.O=[N+]([O-])c1ccc([C@H]2CCCN2)s1. The molecular formula is C8H11ClN2O2S. The lowest BCUT2D eigenvalue weighted by Crippen LogP contribution is -2.11. The maximum absolute atomic E-state index is 10.4. The lowest BCUT2D eigenvalue weighted by molar-refractivity contribution is -0.380. The van der Waals surface area contributed by atoms with Gasteiger partial charge in [0.05, 0.1) is 4.92 Å². The predicted molar refractivity (Wildman–Crippen MR) is 58.2 cm³/mol. The molecule has 78 valence electrons. The highest BCUT2D eigenvalue weighted by atomic mass is 35.5. The van der Waals surface area contributed by atoms with Gasteiger partial charge < -0.3 is 5.32 Å². The first-order valence-corrected chi connectivity index (χ1v) is 5.06. The van der Waals surface area contributed by atoms with E-state index in [1.165, 1.54) is 11.3 Å². The van der Waals surface area contributed by atoms with Crippen molar-refractivity contribution < 1.29 is 4.92 Å². The Labute approximate surface area is 91.9 Å². The Hall–Kier alpha value is -0.650. The highest BCUT2D eigenvalue weighted by molar-refractivity contribution is 7.15. The molecule has 0 aliphatic carbocycles. The summed E-state index contributed by atoms with van der Waals surface area (Å²) >= 11 is 1.28. The Morgan fingerprint density at radius 3 is 2.86 bits per heavy atom. The van der Waals surface area contributed by atoms with Crippen molar-refractivity contribution in [1.29, 1.82) is 0 Å². The first-order chi connectivity index (χ1) is 6.27. The van der Waals surface area contributed by atoms with Crippen molar-refractivity contribution in [2.75, 3.05) is 6.54 Å². The Bertz CT molecular complexity index is 323. The van der Waals surface area contributed by atoms with E-state index in [0.29, 0.717) is 6.04 Å². The number of thiophene rings is 1. The van der Waals surface area contributed by atoms with Crippen LogP contribution < -0.4 is 5.32 Å². The molecule has 0 saturated carbocycles. The Kier molecular flexibility index (Phi) is 3.86. The second-order valence-electron chi connectivity index (χ2n) is 3.08. The number of hydrogen-bond acceptors (Lipinski definition) is 4. The molecule has 4 nitrogen and oxygen atoms in total. The molecule has 1 aromatic heterocycles. The Morgan fingerprint density at radius 2 is 2.36 bits per heavy atom. The zero-order valence-corrected chi connectivity index (χ0v) is 9.07. The van der Waals surface area contributed by atoms with E-state index in [2.05, 4.69) is 5.32 Å². The lowest BCUT2D eigenvalue weighted by Gasteiger charge is -2.04. The Balaban J connectivity index is 0.000000980. The fourth-order valence-corrected chi connectivity index (χ4v) is 2.49. The minimum absolute atomic E-state index is 0. The van der Waals surface area contributed by atoms with Gasteiger partial charge >= 0.3 is 5.00 Å². The van der Waals surface area contributed by atoms with Gasteiger partial charge in [0.15, 0.2) is 0 Å². The van der Waals surface area contributed by atoms with Crippen molar-refractivity contribution in [3.8, 4) is 0 Å². The topological polar surface area (TPSA) is 55.2 Å². The minimum atomic E-state index is -0.330. The summed E-state index contributed by atoms with van der Waals surface area (Å²) < 4.78 is 0. The largest absolute Gasteiger partial charge is 0.324 e. The molecule has 2 heterocycles. The third-order valence-electron chi connectivity index (χ3n) is 2.20. The second kappa shape index (κ2) is 4.72. The molecule has 0 bridgehead atoms. The quantitative estimate of drug-likeness (QED) is 0.632. The van der Waals surface area contributed by atoms with Crippen molar-refractivity contribution in [2.45, 2.75) is 18.9 Å². The standard InChI is InChI=1S/C8H10N2O2S.ClH/c11-10(12)8-4-3-7(13-8)6-2-1-5-9-6;/h3-4,6,9H,1-2,5H2;1H/t6-;/m1./s1. The molecule has 1 aliphatic heterocycles. The van der Waals surface area contributed by atoms with Gasteiger partial charge in [-0.1, -0.05) is 11.3 Å². The fraction of sp³-hybridized carbons (Fsp3) is 0.500. The van der Waals surface area contributed by atoms with Crippen molar-refractivity contribution >= 4 is 28.7 Å². The fourth-order valence-electron chi connectivity index (χ4n) is 1.56. The maximum atomic E-state index is 10.4. The molecule has 1 saturated heterocycles. The van der Waals surface area contributed by atoms with Gasteiger partial charge in [0.25, 0.3) is 0 Å². The van der Waals surface area contributed by atoms with Gasteiger partial charge in [-0.3, -0.25) is 10.1 Å². The summed E-state index contributed by atoms with van der Waals surface area (Å²) in [6.07, 6.45) is 2.26. The molecular weight excluding hydrogens is 224 g/mol. The molecule has 1 atom stereocenters. The molecule has 2 rings (SSSR count). The van der Waals surface area contributed by atoms with Gasteiger partial charge in [0.1, 0.15) is 0 Å². The number of nitrogens with one attached hydrogen (secondary N) is 1. The van der Waals surface area contributed by atoms with Crippen molar-refractivity contribution in [3.05, 3.63) is 27.1 Å². The van der Waals surface area contributed by atoms with E-state index >= 15 is 0 Å². The minimum Gasteiger partial charge on any atom is -0.309 e. The van der Waals surface area contributed by atoms with Crippen LogP contribution in [-0.4, -0.2) is 11.5 Å². The van der Waals surface area contributed by atoms with E-state index in [4.69, 9.17) is 0 Å². The molecule has 1 aliphatic rings. The smallest absolute Gasteiger partial charge is 0.309 e. The summed E-state index contributed by atoms with van der Waals surface area (Å²) in [6, 6.07) is 3.78. The van der Waals surface area contributed by atoms with E-state index in [-0.39, 0.29) is 22.3 Å². The molecule has 1 fully saturated rings. The highest BCUT2D eigenvalue weighted by Crippen LogP contribution is 2.32. The van der Waals surface area contributed by atoms with Crippen LogP contribution in [-0.2, 0) is 0 Å². The summed E-state index contributed by atoms with van der Waals surface area (Å²) in [6.45, 7) is 1.02. The number of halogens is 1. The molecule has 1 aromatic rings. The van der Waals surface area contributed by atoms with E-state index in [1.54, 1.807) is 6.07 Å². The van der Waals surface area contributed by atoms with Crippen LogP contribution >= 0.6 is 23.7 Å². The number of nitrogens with zero attached hydrogens (tertiary/aromatic N) is 1. The van der Waals surface area contributed by atoms with E-state index in [9.17, 15) is 10.1 Å². The van der Waals surface area contributed by atoms with Crippen LogP contribution in [0.4, 0.5) is 5.00 Å². The molecule has 0 amide bonds. The zero-order chi connectivity index (χ0) is 9.26. The number of hydrogen-bond donors (Lipinski definition) is 1. The molecule has 0 unspecified atom stereocenters. The van der Waals surface area contributed by atoms with Crippen molar-refractivity contribution in [2.24, 2.45) is 0 Å². The van der Waals surface area contributed by atoms with E-state index in [0.717, 1.165) is 24.3 Å². The van der Waals surface area contributed by atoms with Crippen LogP contribution in [0.15, 0.2) is 12.1 Å². The zero-order valence-electron chi connectivity index (χ0n) is 7.43. The van der Waals surface area contributed by atoms with E-state index < -0.39 is 0 Å². The summed E-state index contributed by atoms with van der Waals surface area (Å²) in [5.41, 5.74) is 0. The molecule has 1 N–H and O–H groups in total. The monoisotopic (exact) mass is 234 g/mol. The van der Waals surface area contributed by atoms with Crippen molar-refractivity contribution in [3.63, 3.8) is 0 Å². The Morgan fingerprint density at radius 1 is 1.57 bits per heavy atom. The second-order valence-corrected chi connectivity index (χ2v) is 4.18. The number of nitro groups is 1. The molecule has 14 heavy (non-hydrogen) atoms. The average Bonchev–Trinajstić information content (AvgIpc) is 2.75. The molecule has 6 heteroatoms. The van der Waals surface area contributed by atoms with Crippen LogP contribution in [0.2, 0.25) is 0 Å². The number of rotatable bonds is 2. The molecule has 0 spiro atoms. The van der Waals surface area contributed by atoms with Gasteiger partial charge in [-0.2, -0.15) is 0 Å². The van der Waals surface area contributed by atoms with Crippen molar-refractivity contribution in [1.82, 2.24) is 5.32 Å². The third kappa shape index (κ3) is 2.23. The molecule has 0 radical (unpaired) electrons. The van der Waals surface area contributed by atoms with Crippen LogP contribution in [0.25, 0.3) is 0 Å². The van der Waals surface area contributed by atoms with Gasteiger partial charge in [-0.05, 0) is 25.5 Å². The summed E-state index contributed by atoms with van der Waals surface area (Å²) in [4.78, 5) is 11.2. The van der Waals surface area contributed by atoms with Gasteiger partial charge in [-0.25, -0.2) is 0 Å². The van der Waals surface area contributed by atoms with Crippen LogP contribution in [0.1, 0.15) is 23.8 Å². The molecule has 0 aromatic carbocycles. The third-order valence-corrected chi connectivity index (χ3v) is 3.35. The van der Waals surface area contributed by atoms with Crippen LogP contribution in [0.3, 0.4) is 0 Å². The lowest BCUT2D eigenvalue weighted by atomic mass is 10.2.